The predicted molar refractivity (Wildman–Crippen MR) is 50.2 cm³/mol. The van der Waals surface area contributed by atoms with Crippen LogP contribution in [0, 0.1) is 5.92 Å². The molecule has 2 nitrogen and oxygen atoms in total. The molecule has 0 heterocycles. The lowest BCUT2D eigenvalue weighted by atomic mass is 9.88. The minimum atomic E-state index is -0.833. The summed E-state index contributed by atoms with van der Waals surface area (Å²) in [5.74, 6) is 0.253. The Morgan fingerprint density at radius 2 is 1.75 bits per heavy atom. The van der Waals surface area contributed by atoms with Crippen LogP contribution in [0.1, 0.15) is 52.4 Å². The van der Waals surface area contributed by atoms with Crippen LogP contribution in [0.3, 0.4) is 0 Å². The van der Waals surface area contributed by atoms with Crippen LogP contribution < -0.4 is 0 Å². The number of hydrogen-bond donors (Lipinski definition) is 1. The largest absolute Gasteiger partial charge is 0.481 e. The molecule has 0 saturated heterocycles. The quantitative estimate of drug-likeness (QED) is 0.660. The van der Waals surface area contributed by atoms with E-state index < -0.39 is 5.97 Å². The van der Waals surface area contributed by atoms with E-state index >= 15 is 0 Å². The number of carboxylic acid groups (broad SMARTS) is 1. The summed E-state index contributed by atoms with van der Waals surface area (Å²) >= 11 is 0. The van der Waals surface area contributed by atoms with Gasteiger partial charge in [0.1, 0.15) is 0 Å². The summed E-state index contributed by atoms with van der Waals surface area (Å²) in [4.78, 5) is 9.00. The second-order valence-electron chi connectivity index (χ2n) is 3.43. The average Bonchev–Trinajstić information content (AvgIpc) is 2.05. The molecule has 0 aliphatic heterocycles. The SMILES string of the molecule is CC(=O)O.CCC1CCCCC1. The predicted octanol–water partition coefficient (Wildman–Crippen LogP) is 3.07. The van der Waals surface area contributed by atoms with Crippen LogP contribution in [-0.2, 0) is 4.79 Å². The first-order chi connectivity index (χ1) is 5.66. The van der Waals surface area contributed by atoms with Gasteiger partial charge in [-0.2, -0.15) is 0 Å². The molecule has 1 rings (SSSR count). The van der Waals surface area contributed by atoms with Gasteiger partial charge < -0.3 is 5.11 Å². The summed E-state index contributed by atoms with van der Waals surface area (Å²) in [6.07, 6.45) is 8.93. The van der Waals surface area contributed by atoms with Crippen LogP contribution >= 0.6 is 0 Å². The molecule has 0 aromatic rings. The lowest BCUT2D eigenvalue weighted by molar-refractivity contribution is -0.134. The summed E-state index contributed by atoms with van der Waals surface area (Å²) in [6.45, 7) is 3.40. The van der Waals surface area contributed by atoms with Gasteiger partial charge in [-0.3, -0.25) is 4.79 Å². The van der Waals surface area contributed by atoms with E-state index in [4.69, 9.17) is 9.90 Å². The highest BCUT2D eigenvalue weighted by Crippen LogP contribution is 2.25. The maximum atomic E-state index is 9.00. The van der Waals surface area contributed by atoms with E-state index in [1.54, 1.807) is 0 Å². The third kappa shape index (κ3) is 7.58. The van der Waals surface area contributed by atoms with Crippen LogP contribution in [0.4, 0.5) is 0 Å². The van der Waals surface area contributed by atoms with Crippen molar-refractivity contribution < 1.29 is 9.90 Å². The van der Waals surface area contributed by atoms with Crippen LogP contribution in [0.15, 0.2) is 0 Å². The van der Waals surface area contributed by atoms with Gasteiger partial charge in [0.25, 0.3) is 5.97 Å². The van der Waals surface area contributed by atoms with Crippen molar-refractivity contribution in [2.24, 2.45) is 5.92 Å². The number of carboxylic acids is 1. The van der Waals surface area contributed by atoms with Crippen LogP contribution in [0.5, 0.6) is 0 Å². The molecule has 0 radical (unpaired) electrons. The molecule has 1 aliphatic carbocycles. The van der Waals surface area contributed by atoms with Crippen molar-refractivity contribution in [3.63, 3.8) is 0 Å². The third-order valence-corrected chi connectivity index (χ3v) is 2.30. The molecule has 1 aliphatic rings. The van der Waals surface area contributed by atoms with E-state index in [1.165, 1.54) is 38.5 Å². The van der Waals surface area contributed by atoms with Crippen molar-refractivity contribution in [3.05, 3.63) is 0 Å². The Bertz CT molecular complexity index is 111. The lowest BCUT2D eigenvalue weighted by Gasteiger charge is -2.18. The molecular formula is C10H20O2. The van der Waals surface area contributed by atoms with Gasteiger partial charge in [0, 0.05) is 6.92 Å². The Balaban J connectivity index is 0.000000261. The van der Waals surface area contributed by atoms with Gasteiger partial charge in [0.05, 0.1) is 0 Å². The zero-order valence-corrected chi connectivity index (χ0v) is 8.18. The van der Waals surface area contributed by atoms with Crippen LogP contribution in [0.25, 0.3) is 0 Å². The fraction of sp³-hybridized carbons (Fsp3) is 0.900. The van der Waals surface area contributed by atoms with Crippen molar-refractivity contribution in [1.29, 1.82) is 0 Å². The number of aliphatic carboxylic acids is 1. The van der Waals surface area contributed by atoms with Crippen molar-refractivity contribution in [2.45, 2.75) is 52.4 Å². The van der Waals surface area contributed by atoms with Crippen LogP contribution in [-0.4, -0.2) is 11.1 Å². The molecule has 0 spiro atoms. The zero-order chi connectivity index (χ0) is 9.40. The number of rotatable bonds is 1. The normalized spacial score (nSPS) is 17.8. The van der Waals surface area contributed by atoms with Gasteiger partial charge in [-0.1, -0.05) is 45.4 Å². The highest BCUT2D eigenvalue weighted by molar-refractivity contribution is 5.62. The lowest BCUT2D eigenvalue weighted by Crippen LogP contribution is -2.03. The highest BCUT2D eigenvalue weighted by atomic mass is 16.4. The number of hydrogen-bond acceptors (Lipinski definition) is 1. The van der Waals surface area contributed by atoms with Gasteiger partial charge in [0.15, 0.2) is 0 Å². The average molecular weight is 172 g/mol. The maximum absolute atomic E-state index is 9.00. The van der Waals surface area contributed by atoms with Crippen molar-refractivity contribution >= 4 is 5.97 Å². The van der Waals surface area contributed by atoms with Gasteiger partial charge in [-0.15, -0.1) is 0 Å². The molecule has 1 N–H and O–H groups in total. The van der Waals surface area contributed by atoms with Gasteiger partial charge >= 0.3 is 0 Å². The topological polar surface area (TPSA) is 37.3 Å². The summed E-state index contributed by atoms with van der Waals surface area (Å²) in [5, 5.41) is 7.42. The minimum absolute atomic E-state index is 0.833. The molecular weight excluding hydrogens is 152 g/mol. The Morgan fingerprint density at radius 3 is 2.00 bits per heavy atom. The Labute approximate surface area is 75.0 Å². The molecule has 0 bridgehead atoms. The highest BCUT2D eigenvalue weighted by Gasteiger charge is 2.09. The van der Waals surface area contributed by atoms with Crippen LogP contribution in [0.2, 0.25) is 0 Å². The van der Waals surface area contributed by atoms with E-state index in [0.717, 1.165) is 12.8 Å². The van der Waals surface area contributed by atoms with Crippen molar-refractivity contribution in [1.82, 2.24) is 0 Å². The Morgan fingerprint density at radius 1 is 1.33 bits per heavy atom. The summed E-state index contributed by atoms with van der Waals surface area (Å²) in [6, 6.07) is 0. The third-order valence-electron chi connectivity index (χ3n) is 2.30. The summed E-state index contributed by atoms with van der Waals surface area (Å²) in [5.41, 5.74) is 0. The first kappa shape index (κ1) is 11.5. The summed E-state index contributed by atoms with van der Waals surface area (Å²) in [7, 11) is 0. The molecule has 72 valence electrons. The van der Waals surface area contributed by atoms with Crippen molar-refractivity contribution in [2.75, 3.05) is 0 Å². The molecule has 2 heteroatoms. The molecule has 12 heavy (non-hydrogen) atoms. The molecule has 0 aromatic heterocycles. The second kappa shape index (κ2) is 7.14. The smallest absolute Gasteiger partial charge is 0.300 e. The van der Waals surface area contributed by atoms with E-state index in [2.05, 4.69) is 6.92 Å². The number of carbonyl (C=O) groups is 1. The fourth-order valence-electron chi connectivity index (χ4n) is 1.60. The molecule has 0 atom stereocenters. The molecule has 1 fully saturated rings. The van der Waals surface area contributed by atoms with E-state index in [0.29, 0.717) is 0 Å². The Kier molecular flexibility index (Phi) is 6.82. The van der Waals surface area contributed by atoms with Gasteiger partial charge in [-0.25, -0.2) is 0 Å². The maximum Gasteiger partial charge on any atom is 0.300 e. The molecule has 0 unspecified atom stereocenters. The second-order valence-corrected chi connectivity index (χ2v) is 3.43. The van der Waals surface area contributed by atoms with Crippen molar-refractivity contribution in [3.8, 4) is 0 Å². The summed E-state index contributed by atoms with van der Waals surface area (Å²) < 4.78 is 0. The zero-order valence-electron chi connectivity index (χ0n) is 8.18. The van der Waals surface area contributed by atoms with E-state index in [9.17, 15) is 0 Å². The van der Waals surface area contributed by atoms with E-state index in [1.807, 2.05) is 0 Å². The monoisotopic (exact) mass is 172 g/mol. The first-order valence-electron chi connectivity index (χ1n) is 4.86. The minimum Gasteiger partial charge on any atom is -0.481 e. The van der Waals surface area contributed by atoms with Gasteiger partial charge in [0.2, 0.25) is 0 Å². The first-order valence-corrected chi connectivity index (χ1v) is 4.86. The Hall–Kier alpha value is -0.530. The van der Waals surface area contributed by atoms with Gasteiger partial charge in [-0.05, 0) is 5.92 Å². The molecule has 0 aromatic carbocycles. The standard InChI is InChI=1S/C8H16.C2H4O2/c1-2-8-6-4-3-5-7-8;1-2(3)4/h8H,2-7H2,1H3;1H3,(H,3,4). The molecule has 0 amide bonds. The van der Waals surface area contributed by atoms with E-state index in [-0.39, 0.29) is 0 Å². The fourth-order valence-corrected chi connectivity index (χ4v) is 1.60. The molecule has 1 saturated carbocycles.